The molecular formula is C20H22ClN3O4S2. The van der Waals surface area contributed by atoms with Crippen molar-refractivity contribution in [1.29, 1.82) is 0 Å². The quantitative estimate of drug-likeness (QED) is 0.631. The number of aromatic nitrogens is 1. The molecule has 7 nitrogen and oxygen atoms in total. The zero-order chi connectivity index (χ0) is 21.9. The number of benzene rings is 1. The van der Waals surface area contributed by atoms with Crippen LogP contribution in [0, 0.1) is 12.3 Å². The fourth-order valence-corrected chi connectivity index (χ4v) is 5.90. The van der Waals surface area contributed by atoms with Gasteiger partial charge in [0.25, 0.3) is 5.91 Å². The van der Waals surface area contributed by atoms with Gasteiger partial charge in [-0.2, -0.15) is 4.99 Å². The second kappa shape index (κ2) is 9.33. The number of carbonyl (C=O) groups is 2. The predicted molar refractivity (Wildman–Crippen MR) is 118 cm³/mol. The van der Waals surface area contributed by atoms with Gasteiger partial charge in [-0.1, -0.05) is 28.9 Å². The number of nitrogens with zero attached hydrogens (tertiary/aromatic N) is 3. The maximum Gasteiger partial charge on any atom is 0.263 e. The van der Waals surface area contributed by atoms with Gasteiger partial charge in [0.15, 0.2) is 14.6 Å². The second-order valence-corrected chi connectivity index (χ2v) is 10.8. The third kappa shape index (κ3) is 5.31. The van der Waals surface area contributed by atoms with E-state index in [2.05, 4.69) is 10.9 Å². The van der Waals surface area contributed by atoms with Crippen molar-refractivity contribution in [2.24, 2.45) is 4.99 Å². The number of carbonyl (C=O) groups excluding carboxylic acids is 2. The molecule has 1 aromatic heterocycles. The fourth-order valence-electron chi connectivity index (χ4n) is 3.49. The van der Waals surface area contributed by atoms with Crippen LogP contribution in [0.5, 0.6) is 0 Å². The third-order valence-corrected chi connectivity index (χ3v) is 7.57. The Bertz CT molecular complexity index is 1190. The van der Waals surface area contributed by atoms with Crippen molar-refractivity contribution in [3.63, 3.8) is 0 Å². The summed E-state index contributed by atoms with van der Waals surface area (Å²) in [5.41, 5.74) is 0.756. The lowest BCUT2D eigenvalue weighted by molar-refractivity contribution is -0.131. The lowest BCUT2D eigenvalue weighted by Crippen LogP contribution is -2.45. The number of sulfone groups is 1. The van der Waals surface area contributed by atoms with Crippen molar-refractivity contribution in [2.45, 2.75) is 38.8 Å². The van der Waals surface area contributed by atoms with E-state index >= 15 is 0 Å². The first kappa shape index (κ1) is 22.5. The summed E-state index contributed by atoms with van der Waals surface area (Å²) >= 11 is 7.21. The molecule has 1 saturated heterocycles. The standard InChI is InChI=1S/C20H22ClN3O4S2/c1-3-9-24-16-8-7-15(21)11-17(16)29-20(24)22-18(25)12-30(27,28)13-19(26)23-10-5-4-6-14(23)2/h1,7-8,11,14H,4-6,9-10,12-13H2,2H3. The average Bonchev–Trinajstić information content (AvgIpc) is 2.97. The molecule has 1 unspecified atom stereocenters. The summed E-state index contributed by atoms with van der Waals surface area (Å²) < 4.78 is 27.3. The Morgan fingerprint density at radius 1 is 1.33 bits per heavy atom. The number of terminal acetylenes is 1. The average molecular weight is 468 g/mol. The summed E-state index contributed by atoms with van der Waals surface area (Å²) in [7, 11) is -3.94. The molecule has 0 bridgehead atoms. The molecule has 1 aliphatic heterocycles. The van der Waals surface area contributed by atoms with Crippen molar-refractivity contribution in [2.75, 3.05) is 18.1 Å². The maximum atomic E-state index is 12.4. The van der Waals surface area contributed by atoms with Crippen molar-refractivity contribution in [3.05, 3.63) is 28.0 Å². The summed E-state index contributed by atoms with van der Waals surface area (Å²) in [5, 5.41) is 0.530. The molecule has 0 aliphatic carbocycles. The first-order chi connectivity index (χ1) is 14.2. The van der Waals surface area contributed by atoms with Gasteiger partial charge in [0.1, 0.15) is 11.5 Å². The Morgan fingerprint density at radius 3 is 2.80 bits per heavy atom. The molecule has 1 atom stereocenters. The summed E-state index contributed by atoms with van der Waals surface area (Å²) in [6.45, 7) is 2.62. The first-order valence-electron chi connectivity index (χ1n) is 9.50. The highest BCUT2D eigenvalue weighted by atomic mass is 35.5. The van der Waals surface area contributed by atoms with E-state index in [0.29, 0.717) is 16.4 Å². The number of fused-ring (bicyclic) bond motifs is 1. The van der Waals surface area contributed by atoms with Crippen molar-refractivity contribution in [1.82, 2.24) is 9.47 Å². The monoisotopic (exact) mass is 467 g/mol. The Balaban J connectivity index is 1.80. The number of halogens is 1. The van der Waals surface area contributed by atoms with E-state index in [9.17, 15) is 18.0 Å². The van der Waals surface area contributed by atoms with Gasteiger partial charge in [0.2, 0.25) is 5.91 Å². The number of rotatable bonds is 5. The van der Waals surface area contributed by atoms with E-state index in [1.165, 1.54) is 11.3 Å². The molecule has 2 amide bonds. The van der Waals surface area contributed by atoms with Gasteiger partial charge in [0.05, 0.1) is 16.8 Å². The number of amides is 2. The fraction of sp³-hybridized carbons (Fsp3) is 0.450. The molecule has 2 heterocycles. The molecule has 0 radical (unpaired) electrons. The highest BCUT2D eigenvalue weighted by molar-refractivity contribution is 7.92. The summed E-state index contributed by atoms with van der Waals surface area (Å²) in [6.07, 6.45) is 8.15. The van der Waals surface area contributed by atoms with Crippen LogP contribution in [0.3, 0.4) is 0 Å². The normalized spacial score (nSPS) is 17.8. The Morgan fingerprint density at radius 2 is 2.10 bits per heavy atom. The number of hydrogen-bond acceptors (Lipinski definition) is 5. The van der Waals surface area contributed by atoms with Crippen LogP contribution in [0.2, 0.25) is 5.02 Å². The molecule has 0 spiro atoms. The SMILES string of the molecule is C#CCn1c(=NC(=O)CS(=O)(=O)CC(=O)N2CCCCC2C)sc2cc(Cl)ccc21. The van der Waals surface area contributed by atoms with E-state index in [4.69, 9.17) is 18.0 Å². The van der Waals surface area contributed by atoms with Gasteiger partial charge in [-0.15, -0.1) is 6.42 Å². The summed E-state index contributed by atoms with van der Waals surface area (Å²) in [4.78, 5) is 30.7. The molecule has 160 valence electrons. The zero-order valence-corrected chi connectivity index (χ0v) is 18.9. The van der Waals surface area contributed by atoms with Crippen LogP contribution in [-0.2, 0) is 26.0 Å². The van der Waals surface area contributed by atoms with Gasteiger partial charge in [-0.3, -0.25) is 9.59 Å². The molecule has 1 fully saturated rings. The van der Waals surface area contributed by atoms with Crippen LogP contribution in [0.25, 0.3) is 10.2 Å². The van der Waals surface area contributed by atoms with E-state index in [1.807, 2.05) is 6.92 Å². The summed E-state index contributed by atoms with van der Waals surface area (Å²) in [6, 6.07) is 5.21. The summed E-state index contributed by atoms with van der Waals surface area (Å²) in [5.74, 6) is -0.314. The number of thiazole rings is 1. The number of piperidine rings is 1. The van der Waals surface area contributed by atoms with Crippen molar-refractivity contribution < 1.29 is 18.0 Å². The highest BCUT2D eigenvalue weighted by Crippen LogP contribution is 2.22. The third-order valence-electron chi connectivity index (χ3n) is 4.92. The molecule has 3 rings (SSSR count). The molecule has 30 heavy (non-hydrogen) atoms. The minimum Gasteiger partial charge on any atom is -0.339 e. The van der Waals surface area contributed by atoms with Gasteiger partial charge in [-0.05, 0) is 44.4 Å². The van der Waals surface area contributed by atoms with Gasteiger partial charge in [-0.25, -0.2) is 8.42 Å². The zero-order valence-electron chi connectivity index (χ0n) is 16.5. The van der Waals surface area contributed by atoms with Crippen LogP contribution in [-0.4, -0.2) is 53.8 Å². The largest absolute Gasteiger partial charge is 0.339 e. The number of hydrogen-bond donors (Lipinski definition) is 0. The number of likely N-dealkylation sites (tertiary alicyclic amines) is 1. The predicted octanol–water partition coefficient (Wildman–Crippen LogP) is 2.23. The van der Waals surface area contributed by atoms with Gasteiger partial charge < -0.3 is 9.47 Å². The van der Waals surface area contributed by atoms with Crippen LogP contribution in [0.1, 0.15) is 26.2 Å². The van der Waals surface area contributed by atoms with Crippen LogP contribution in [0.4, 0.5) is 0 Å². The second-order valence-electron chi connectivity index (χ2n) is 7.26. The van der Waals surface area contributed by atoms with Crippen LogP contribution < -0.4 is 4.80 Å². The topological polar surface area (TPSA) is 88.8 Å². The molecular weight excluding hydrogens is 446 g/mol. The maximum absolute atomic E-state index is 12.4. The minimum absolute atomic E-state index is 0.00920. The molecule has 10 heteroatoms. The smallest absolute Gasteiger partial charge is 0.263 e. The first-order valence-corrected chi connectivity index (χ1v) is 12.5. The van der Waals surface area contributed by atoms with E-state index < -0.39 is 33.2 Å². The molecule has 1 aliphatic rings. The Hall–Kier alpha value is -2.15. The van der Waals surface area contributed by atoms with E-state index in [0.717, 1.165) is 29.5 Å². The van der Waals surface area contributed by atoms with Crippen LogP contribution >= 0.6 is 22.9 Å². The minimum atomic E-state index is -3.94. The van der Waals surface area contributed by atoms with Crippen molar-refractivity contribution >= 4 is 54.8 Å². The van der Waals surface area contributed by atoms with Gasteiger partial charge >= 0.3 is 0 Å². The van der Waals surface area contributed by atoms with Crippen molar-refractivity contribution in [3.8, 4) is 12.3 Å². The van der Waals surface area contributed by atoms with Gasteiger partial charge in [0, 0.05) is 17.6 Å². The van der Waals surface area contributed by atoms with E-state index in [-0.39, 0.29) is 12.6 Å². The van der Waals surface area contributed by atoms with E-state index in [1.54, 1.807) is 27.7 Å². The molecule has 0 saturated carbocycles. The molecule has 0 N–H and O–H groups in total. The lowest BCUT2D eigenvalue weighted by Gasteiger charge is -2.33. The Labute approximate surface area is 184 Å². The lowest BCUT2D eigenvalue weighted by atomic mass is 10.0. The Kier molecular flexibility index (Phi) is 7.01. The van der Waals surface area contributed by atoms with Crippen LogP contribution in [0.15, 0.2) is 23.2 Å². The molecule has 2 aromatic rings. The molecule has 1 aromatic carbocycles. The highest BCUT2D eigenvalue weighted by Gasteiger charge is 2.28.